The lowest BCUT2D eigenvalue weighted by molar-refractivity contribution is -0.384. The molecule has 2 rings (SSSR count). The summed E-state index contributed by atoms with van der Waals surface area (Å²) in [7, 11) is 0. The van der Waals surface area contributed by atoms with Gasteiger partial charge in [0.15, 0.2) is 0 Å². The van der Waals surface area contributed by atoms with Crippen LogP contribution in [0.3, 0.4) is 0 Å². The molecule has 0 aliphatic carbocycles. The fourth-order valence-electron chi connectivity index (χ4n) is 3.00. The van der Waals surface area contributed by atoms with Crippen molar-refractivity contribution in [3.63, 3.8) is 0 Å². The smallest absolute Gasteiger partial charge is 0.391 e. The summed E-state index contributed by atoms with van der Waals surface area (Å²) in [6.07, 6.45) is -4.73. The van der Waals surface area contributed by atoms with Gasteiger partial charge in [-0.3, -0.25) is 10.1 Å². The van der Waals surface area contributed by atoms with Gasteiger partial charge in [-0.05, 0) is 12.8 Å². The molecule has 1 fully saturated rings. The second-order valence-corrected chi connectivity index (χ2v) is 5.62. The van der Waals surface area contributed by atoms with Gasteiger partial charge in [-0.1, -0.05) is 0 Å². The lowest BCUT2D eigenvalue weighted by Crippen LogP contribution is -2.39. The number of nitro benzene ring substituents is 1. The summed E-state index contributed by atoms with van der Waals surface area (Å²) in [4.78, 5) is 11.5. The SMILES string of the molecule is Nc1c([N+](=O)[O-])cc(CF)c(N2CCC(C(F)(F)F)CC2)c1CF. The molecule has 0 atom stereocenters. The van der Waals surface area contributed by atoms with E-state index in [1.807, 2.05) is 0 Å². The zero-order valence-corrected chi connectivity index (χ0v) is 12.6. The first-order valence-electron chi connectivity index (χ1n) is 7.22. The normalized spacial score (nSPS) is 16.5. The number of nitrogens with two attached hydrogens (primary N) is 1. The van der Waals surface area contributed by atoms with Crippen LogP contribution in [0.15, 0.2) is 6.07 Å². The molecule has 0 aromatic heterocycles. The molecule has 1 aliphatic heterocycles. The first-order valence-corrected chi connectivity index (χ1v) is 7.22. The molecule has 1 aromatic carbocycles. The number of hydrogen-bond donors (Lipinski definition) is 1. The number of piperidine rings is 1. The third-order valence-corrected chi connectivity index (χ3v) is 4.25. The highest BCUT2D eigenvalue weighted by molar-refractivity contribution is 5.76. The minimum Gasteiger partial charge on any atom is -0.393 e. The van der Waals surface area contributed by atoms with Gasteiger partial charge in [-0.2, -0.15) is 13.2 Å². The van der Waals surface area contributed by atoms with Crippen molar-refractivity contribution in [2.75, 3.05) is 23.7 Å². The van der Waals surface area contributed by atoms with E-state index in [4.69, 9.17) is 5.73 Å². The summed E-state index contributed by atoms with van der Waals surface area (Å²) < 4.78 is 64.9. The minimum atomic E-state index is -4.31. The summed E-state index contributed by atoms with van der Waals surface area (Å²) in [5, 5.41) is 10.9. The molecular weight excluding hydrogens is 337 g/mol. The van der Waals surface area contributed by atoms with E-state index >= 15 is 0 Å². The van der Waals surface area contributed by atoms with Crippen molar-refractivity contribution >= 4 is 17.1 Å². The van der Waals surface area contributed by atoms with Crippen LogP contribution in [-0.4, -0.2) is 24.2 Å². The fourth-order valence-corrected chi connectivity index (χ4v) is 3.00. The highest BCUT2D eigenvalue weighted by Crippen LogP contribution is 2.41. The van der Waals surface area contributed by atoms with Gasteiger partial charge in [-0.15, -0.1) is 0 Å². The van der Waals surface area contributed by atoms with E-state index in [0.717, 1.165) is 6.07 Å². The molecule has 1 aromatic rings. The third-order valence-electron chi connectivity index (χ3n) is 4.25. The zero-order chi connectivity index (χ0) is 18.1. The number of halogens is 5. The van der Waals surface area contributed by atoms with E-state index in [1.54, 1.807) is 0 Å². The lowest BCUT2D eigenvalue weighted by Gasteiger charge is -2.36. The molecule has 1 aliphatic rings. The number of nitrogen functional groups attached to an aromatic ring is 1. The van der Waals surface area contributed by atoms with Crippen LogP contribution in [0.25, 0.3) is 0 Å². The molecule has 0 saturated carbocycles. The van der Waals surface area contributed by atoms with Crippen molar-refractivity contribution < 1.29 is 26.9 Å². The molecular formula is C14H16F5N3O2. The molecule has 5 nitrogen and oxygen atoms in total. The quantitative estimate of drug-likeness (QED) is 0.386. The average Bonchev–Trinajstić information content (AvgIpc) is 2.53. The van der Waals surface area contributed by atoms with Crippen molar-refractivity contribution in [1.29, 1.82) is 0 Å². The molecule has 1 saturated heterocycles. The molecule has 0 bridgehead atoms. The summed E-state index contributed by atoms with van der Waals surface area (Å²) in [5.74, 6) is -1.47. The van der Waals surface area contributed by atoms with Gasteiger partial charge in [0.2, 0.25) is 0 Å². The van der Waals surface area contributed by atoms with Crippen molar-refractivity contribution in [1.82, 2.24) is 0 Å². The van der Waals surface area contributed by atoms with E-state index in [1.165, 1.54) is 4.90 Å². The van der Waals surface area contributed by atoms with Gasteiger partial charge in [0, 0.05) is 30.3 Å². The van der Waals surface area contributed by atoms with Crippen molar-refractivity contribution in [2.45, 2.75) is 32.4 Å². The molecule has 0 radical (unpaired) electrons. The Morgan fingerprint density at radius 1 is 1.25 bits per heavy atom. The predicted molar refractivity (Wildman–Crippen MR) is 78.1 cm³/mol. The Hall–Kier alpha value is -2.13. The van der Waals surface area contributed by atoms with Crippen LogP contribution < -0.4 is 10.6 Å². The summed E-state index contributed by atoms with van der Waals surface area (Å²) in [6, 6.07) is 0.916. The lowest BCUT2D eigenvalue weighted by atomic mass is 9.94. The molecule has 1 heterocycles. The summed E-state index contributed by atoms with van der Waals surface area (Å²) in [5.41, 5.74) is 4.22. The molecule has 0 unspecified atom stereocenters. The Kier molecular flexibility index (Phi) is 5.14. The van der Waals surface area contributed by atoms with Crippen LogP contribution in [0.2, 0.25) is 0 Å². The second kappa shape index (κ2) is 6.78. The maximum atomic E-state index is 13.4. The van der Waals surface area contributed by atoms with Gasteiger partial charge in [-0.25, -0.2) is 8.78 Å². The molecule has 0 amide bonds. The van der Waals surface area contributed by atoms with Crippen LogP contribution in [-0.2, 0) is 13.3 Å². The number of anilines is 2. The molecule has 134 valence electrons. The van der Waals surface area contributed by atoms with Crippen molar-refractivity contribution in [2.24, 2.45) is 5.92 Å². The van der Waals surface area contributed by atoms with Gasteiger partial charge in [0.05, 0.1) is 16.5 Å². The average molecular weight is 353 g/mol. The number of nitro groups is 1. The van der Waals surface area contributed by atoms with Crippen LogP contribution in [0.1, 0.15) is 24.0 Å². The number of rotatable bonds is 4. The Balaban J connectivity index is 2.40. The number of nitrogens with zero attached hydrogens (tertiary/aromatic N) is 2. The minimum absolute atomic E-state index is 0.0312. The first kappa shape index (κ1) is 18.2. The Morgan fingerprint density at radius 2 is 1.83 bits per heavy atom. The van der Waals surface area contributed by atoms with Crippen molar-refractivity contribution in [3.8, 4) is 0 Å². The summed E-state index contributed by atoms with van der Waals surface area (Å²) >= 11 is 0. The number of hydrogen-bond acceptors (Lipinski definition) is 4. The van der Waals surface area contributed by atoms with Gasteiger partial charge in [0.1, 0.15) is 19.0 Å². The van der Waals surface area contributed by atoms with E-state index < -0.39 is 41.7 Å². The van der Waals surface area contributed by atoms with Gasteiger partial charge < -0.3 is 10.6 Å². The van der Waals surface area contributed by atoms with E-state index in [2.05, 4.69) is 0 Å². The van der Waals surface area contributed by atoms with E-state index in [9.17, 15) is 32.1 Å². The molecule has 24 heavy (non-hydrogen) atoms. The number of alkyl halides is 5. The maximum Gasteiger partial charge on any atom is 0.391 e. The highest BCUT2D eigenvalue weighted by atomic mass is 19.4. The molecule has 2 N–H and O–H groups in total. The monoisotopic (exact) mass is 353 g/mol. The largest absolute Gasteiger partial charge is 0.393 e. The zero-order valence-electron chi connectivity index (χ0n) is 12.6. The topological polar surface area (TPSA) is 72.4 Å². The maximum absolute atomic E-state index is 13.4. The standard InChI is InChI=1S/C14H16F5N3O2/c15-6-8-5-11(22(23)24)12(20)10(7-16)13(8)21-3-1-9(2-4-21)14(17,18)19/h5,9H,1-4,6-7,20H2. The van der Waals surface area contributed by atoms with Crippen LogP contribution in [0.5, 0.6) is 0 Å². The van der Waals surface area contributed by atoms with Crippen LogP contribution >= 0.6 is 0 Å². The first-order chi connectivity index (χ1) is 11.2. The highest BCUT2D eigenvalue weighted by Gasteiger charge is 2.41. The Morgan fingerprint density at radius 3 is 2.25 bits per heavy atom. The predicted octanol–water partition coefficient (Wildman–Crippen LogP) is 3.89. The summed E-state index contributed by atoms with van der Waals surface area (Å²) in [6.45, 7) is -2.39. The Labute approximate surface area is 134 Å². The van der Waals surface area contributed by atoms with E-state index in [-0.39, 0.29) is 42.7 Å². The molecule has 0 spiro atoms. The number of benzene rings is 1. The van der Waals surface area contributed by atoms with Crippen molar-refractivity contribution in [3.05, 3.63) is 27.3 Å². The van der Waals surface area contributed by atoms with Gasteiger partial charge in [0.25, 0.3) is 5.69 Å². The second-order valence-electron chi connectivity index (χ2n) is 5.62. The van der Waals surface area contributed by atoms with Gasteiger partial charge >= 0.3 is 6.18 Å². The van der Waals surface area contributed by atoms with E-state index in [0.29, 0.717) is 0 Å². The molecule has 10 heteroatoms. The van der Waals surface area contributed by atoms with Crippen LogP contribution in [0.4, 0.5) is 39.0 Å². The Bertz CT molecular complexity index is 628. The fraction of sp³-hybridized carbons (Fsp3) is 0.571. The van der Waals surface area contributed by atoms with Crippen LogP contribution in [0, 0.1) is 16.0 Å². The third kappa shape index (κ3) is 3.36.